The molecule has 2 nitrogen and oxygen atoms in total. The third kappa shape index (κ3) is 58.7. The van der Waals surface area contributed by atoms with E-state index in [4.69, 9.17) is 5.11 Å². The van der Waals surface area contributed by atoms with E-state index in [1.165, 1.54) is 0 Å². The third-order valence-electron chi connectivity index (χ3n) is 1.01. The fourth-order valence-electron chi connectivity index (χ4n) is 0.641. The maximum Gasteiger partial charge on any atom is 2.00 e. The van der Waals surface area contributed by atoms with Crippen molar-refractivity contribution in [3.8, 4) is 0 Å². The fourth-order valence-corrected chi connectivity index (χ4v) is 0.641. The van der Waals surface area contributed by atoms with Crippen molar-refractivity contribution in [3.05, 3.63) is 28.2 Å². The quantitative estimate of drug-likeness (QED) is 0.485. The van der Waals surface area contributed by atoms with Crippen LogP contribution in [0.15, 0.2) is 0 Å². The summed E-state index contributed by atoms with van der Waals surface area (Å²) in [6, 6.07) is 0. The van der Waals surface area contributed by atoms with E-state index in [2.05, 4.69) is 6.92 Å². The van der Waals surface area contributed by atoms with Gasteiger partial charge in [0.15, 0.2) is 0 Å². The van der Waals surface area contributed by atoms with Gasteiger partial charge in [0, 0.05) is 41.1 Å². The van der Waals surface area contributed by atoms with Gasteiger partial charge in [-0.15, -0.1) is 0 Å². The normalized spacial score (nSPS) is 7.29. The summed E-state index contributed by atoms with van der Waals surface area (Å²) in [6.45, 7) is 9.60. The minimum absolute atomic E-state index is 0. The SMILES string of the molecule is C.CC.[B].[CH2-]C([CH-]CC)CC(=O)O.[CH3-].[CH3-].[W+2].[Y]. The van der Waals surface area contributed by atoms with E-state index in [0.29, 0.717) is 0 Å². The van der Waals surface area contributed by atoms with E-state index in [1.54, 1.807) is 0 Å². The number of rotatable bonds is 4. The summed E-state index contributed by atoms with van der Waals surface area (Å²) in [5, 5.41) is 8.25. The minimum Gasteiger partial charge on any atom is -0.481 e. The van der Waals surface area contributed by atoms with Crippen LogP contribution in [0.25, 0.3) is 0 Å². The zero-order chi connectivity index (χ0) is 9.28. The second-order valence-corrected chi connectivity index (χ2v) is 2.00. The number of carboxylic acid groups (broad SMARTS) is 1. The van der Waals surface area contributed by atoms with Crippen LogP contribution < -0.4 is 0 Å². The molecule has 0 amide bonds. The van der Waals surface area contributed by atoms with Crippen LogP contribution in [0.3, 0.4) is 0 Å². The first-order valence-corrected chi connectivity index (χ1v) is 4.05. The van der Waals surface area contributed by atoms with Crippen molar-refractivity contribution < 1.29 is 63.7 Å². The molecule has 4 radical (unpaired) electrons. The zero-order valence-electron chi connectivity index (χ0n) is 11.2. The van der Waals surface area contributed by atoms with E-state index in [1.807, 2.05) is 27.2 Å². The Labute approximate surface area is 152 Å². The molecule has 0 bridgehead atoms. The van der Waals surface area contributed by atoms with Gasteiger partial charge in [-0.1, -0.05) is 28.2 Å². The standard InChI is InChI=1S/C7H12O2.C2H6.CH4.2CH3.B.W.Y/c1-3-4-6(2)5-7(8)9;1-2;;;;;;/h4,6H,2-3,5H2,1H3,(H,8,9);1-2H3;1H4;2*1H3;;;/q-2;;;2*-1;;+2;. The number of carbonyl (C=O) groups is 1. The van der Waals surface area contributed by atoms with E-state index >= 15 is 0 Å². The van der Waals surface area contributed by atoms with Gasteiger partial charge in [0.1, 0.15) is 0 Å². The average molecular weight is 488 g/mol. The molecular formula is C12H28BO2WY-2. The van der Waals surface area contributed by atoms with Gasteiger partial charge < -0.3 is 33.3 Å². The first-order valence-electron chi connectivity index (χ1n) is 4.05. The largest absolute Gasteiger partial charge is 2.00 e. The van der Waals surface area contributed by atoms with E-state index in [-0.39, 0.29) is 96.8 Å². The van der Waals surface area contributed by atoms with Crippen LogP contribution in [-0.4, -0.2) is 19.5 Å². The molecule has 0 spiro atoms. The summed E-state index contributed by atoms with van der Waals surface area (Å²) < 4.78 is 0. The summed E-state index contributed by atoms with van der Waals surface area (Å²) >= 11 is 0. The van der Waals surface area contributed by atoms with Crippen molar-refractivity contribution in [2.24, 2.45) is 5.92 Å². The van der Waals surface area contributed by atoms with Gasteiger partial charge in [0.25, 0.3) is 5.97 Å². The van der Waals surface area contributed by atoms with Crippen molar-refractivity contribution >= 4 is 14.4 Å². The van der Waals surface area contributed by atoms with Crippen LogP contribution in [-0.2, 0) is 58.6 Å². The Bertz CT molecular complexity index is 107. The molecule has 0 saturated heterocycles. The van der Waals surface area contributed by atoms with Crippen molar-refractivity contribution in [1.82, 2.24) is 0 Å². The molecule has 17 heavy (non-hydrogen) atoms. The van der Waals surface area contributed by atoms with Crippen LogP contribution in [0.1, 0.15) is 41.0 Å². The van der Waals surface area contributed by atoms with Crippen LogP contribution in [0.5, 0.6) is 0 Å². The number of hydrogen-bond acceptors (Lipinski definition) is 1. The molecule has 0 aliphatic rings. The topological polar surface area (TPSA) is 37.3 Å². The Kier molecular flexibility index (Phi) is 131. The molecule has 0 saturated carbocycles. The molecule has 0 fully saturated rings. The average Bonchev–Trinajstić information content (AvgIpc) is 1.91. The molecule has 0 aliphatic carbocycles. The predicted molar refractivity (Wildman–Crippen MR) is 72.4 cm³/mol. The van der Waals surface area contributed by atoms with Crippen molar-refractivity contribution in [2.45, 2.75) is 41.0 Å². The summed E-state index contributed by atoms with van der Waals surface area (Å²) in [7, 11) is 0. The Balaban J connectivity index is -0.0000000160. The monoisotopic (exact) mass is 488 g/mol. The van der Waals surface area contributed by atoms with Gasteiger partial charge in [-0.05, 0) is 6.42 Å². The first-order chi connectivity index (χ1) is 5.16. The molecule has 1 unspecified atom stereocenters. The Morgan fingerprint density at radius 1 is 1.35 bits per heavy atom. The molecule has 0 aliphatic heterocycles. The predicted octanol–water partition coefficient (Wildman–Crippen LogP) is 3.70. The second-order valence-electron chi connectivity index (χ2n) is 2.00. The van der Waals surface area contributed by atoms with Crippen LogP contribution >= 0.6 is 0 Å². The number of aliphatic carboxylic acids is 1. The van der Waals surface area contributed by atoms with Crippen LogP contribution in [0.2, 0.25) is 0 Å². The Morgan fingerprint density at radius 2 is 1.65 bits per heavy atom. The molecule has 1 atom stereocenters. The Morgan fingerprint density at radius 3 is 1.82 bits per heavy atom. The maximum absolute atomic E-state index is 10.0. The van der Waals surface area contributed by atoms with E-state index in [0.717, 1.165) is 6.42 Å². The molecule has 0 aromatic heterocycles. The summed E-state index contributed by atoms with van der Waals surface area (Å²) in [4.78, 5) is 10.0. The number of hydrogen-bond donors (Lipinski definition) is 1. The van der Waals surface area contributed by atoms with Gasteiger partial charge in [-0.3, -0.25) is 10.7 Å². The molecule has 5 heteroatoms. The molecule has 0 heterocycles. The fraction of sp³-hybridized carbons (Fsp3) is 0.583. The number of carboxylic acids is 1. The smallest absolute Gasteiger partial charge is 0.481 e. The molecule has 1 N–H and O–H groups in total. The van der Waals surface area contributed by atoms with Crippen molar-refractivity contribution in [2.75, 3.05) is 0 Å². The molecule has 0 aromatic carbocycles. The van der Waals surface area contributed by atoms with Gasteiger partial charge in [0.2, 0.25) is 0 Å². The first kappa shape index (κ1) is 51.6. The van der Waals surface area contributed by atoms with E-state index in [9.17, 15) is 4.79 Å². The molecule has 0 rings (SSSR count). The second kappa shape index (κ2) is 43.3. The third-order valence-corrected chi connectivity index (χ3v) is 1.01. The van der Waals surface area contributed by atoms with Gasteiger partial charge >= 0.3 is 21.1 Å². The molecular weight excluding hydrogens is 460 g/mol. The van der Waals surface area contributed by atoms with Crippen molar-refractivity contribution in [1.29, 1.82) is 0 Å². The summed E-state index contributed by atoms with van der Waals surface area (Å²) in [6.07, 6.45) is 2.93. The maximum atomic E-state index is 10.0. The zero-order valence-corrected chi connectivity index (χ0v) is 17.0. The molecule has 0 aromatic rings. The summed E-state index contributed by atoms with van der Waals surface area (Å²) in [5.74, 6) is -0.813. The van der Waals surface area contributed by atoms with Gasteiger partial charge in [-0.2, -0.15) is 6.42 Å². The van der Waals surface area contributed by atoms with Crippen LogP contribution in [0.4, 0.5) is 0 Å². The van der Waals surface area contributed by atoms with Crippen LogP contribution in [0, 0.1) is 34.1 Å². The minimum atomic E-state index is -0.778. The summed E-state index contributed by atoms with van der Waals surface area (Å²) in [5.41, 5.74) is 0. The van der Waals surface area contributed by atoms with Gasteiger partial charge in [0.05, 0.1) is 0 Å². The van der Waals surface area contributed by atoms with Crippen molar-refractivity contribution in [3.63, 3.8) is 0 Å². The molecule has 102 valence electrons. The van der Waals surface area contributed by atoms with Gasteiger partial charge in [-0.25, -0.2) is 0 Å². The Hall–Kier alpha value is 1.33. The van der Waals surface area contributed by atoms with E-state index < -0.39 is 5.97 Å².